The first-order valence-electron chi connectivity index (χ1n) is 7.83. The number of fused-ring (bicyclic) bond motifs is 1. The van der Waals surface area contributed by atoms with Crippen molar-refractivity contribution < 1.29 is 14.7 Å². The first kappa shape index (κ1) is 15.1. The van der Waals surface area contributed by atoms with Crippen LogP contribution in [0.3, 0.4) is 0 Å². The van der Waals surface area contributed by atoms with Crippen LogP contribution in [-0.4, -0.2) is 40.6 Å². The summed E-state index contributed by atoms with van der Waals surface area (Å²) in [6, 6.07) is -0.700. The van der Waals surface area contributed by atoms with E-state index >= 15 is 0 Å². The first-order valence-corrected chi connectivity index (χ1v) is 7.83. The quantitative estimate of drug-likeness (QED) is 0.832. The van der Waals surface area contributed by atoms with Crippen LogP contribution in [0.5, 0.6) is 0 Å². The van der Waals surface area contributed by atoms with E-state index in [2.05, 4.69) is 19.2 Å². The maximum Gasteiger partial charge on any atom is 0.326 e. The Morgan fingerprint density at radius 2 is 2.05 bits per heavy atom. The molecule has 114 valence electrons. The smallest absolute Gasteiger partial charge is 0.326 e. The number of amides is 2. The normalized spacial score (nSPS) is 30.7. The molecule has 4 atom stereocenters. The minimum atomic E-state index is -0.863. The molecule has 1 saturated carbocycles. The summed E-state index contributed by atoms with van der Waals surface area (Å²) in [6.45, 7) is 4.79. The fourth-order valence-corrected chi connectivity index (χ4v) is 3.47. The molecule has 0 bridgehead atoms. The van der Waals surface area contributed by atoms with E-state index in [1.807, 2.05) is 0 Å². The largest absolute Gasteiger partial charge is 0.480 e. The molecule has 1 aliphatic heterocycles. The van der Waals surface area contributed by atoms with Gasteiger partial charge in [0, 0.05) is 12.6 Å². The summed E-state index contributed by atoms with van der Waals surface area (Å²) in [5.41, 5.74) is 0. The van der Waals surface area contributed by atoms with E-state index in [9.17, 15) is 14.7 Å². The fraction of sp³-hybridized carbons (Fsp3) is 0.867. The van der Waals surface area contributed by atoms with Gasteiger partial charge in [-0.3, -0.25) is 0 Å². The molecule has 2 N–H and O–H groups in total. The van der Waals surface area contributed by atoms with Crippen LogP contribution in [0, 0.1) is 11.8 Å². The third-order valence-electron chi connectivity index (χ3n) is 4.91. The maximum atomic E-state index is 12.4. The highest BCUT2D eigenvalue weighted by Gasteiger charge is 2.47. The lowest BCUT2D eigenvalue weighted by atomic mass is 9.85. The zero-order valence-corrected chi connectivity index (χ0v) is 12.5. The molecule has 0 radical (unpaired) electrons. The number of likely N-dealkylation sites (tertiary alicyclic amines) is 1. The summed E-state index contributed by atoms with van der Waals surface area (Å²) in [5.74, 6) is -0.0655. The summed E-state index contributed by atoms with van der Waals surface area (Å²) in [5, 5.41) is 12.3. The number of carboxylic acids is 1. The van der Waals surface area contributed by atoms with Crippen molar-refractivity contribution in [2.75, 3.05) is 6.54 Å². The number of carboxylic acid groups (broad SMARTS) is 1. The number of nitrogens with one attached hydrogen (secondary N) is 1. The minimum Gasteiger partial charge on any atom is -0.480 e. The molecular weight excluding hydrogens is 256 g/mol. The van der Waals surface area contributed by atoms with Crippen LogP contribution in [0.2, 0.25) is 0 Å². The summed E-state index contributed by atoms with van der Waals surface area (Å²) >= 11 is 0. The number of hydrogen-bond acceptors (Lipinski definition) is 2. The topological polar surface area (TPSA) is 69.6 Å². The Morgan fingerprint density at radius 3 is 2.70 bits per heavy atom. The van der Waals surface area contributed by atoms with Crippen LogP contribution in [0.15, 0.2) is 0 Å². The number of urea groups is 1. The third kappa shape index (κ3) is 3.07. The molecule has 4 unspecified atom stereocenters. The van der Waals surface area contributed by atoms with Gasteiger partial charge in [-0.15, -0.1) is 0 Å². The van der Waals surface area contributed by atoms with Crippen molar-refractivity contribution in [3.8, 4) is 0 Å². The van der Waals surface area contributed by atoms with E-state index in [-0.39, 0.29) is 12.1 Å². The van der Waals surface area contributed by atoms with Crippen molar-refractivity contribution in [3.05, 3.63) is 0 Å². The van der Waals surface area contributed by atoms with Crippen LogP contribution >= 0.6 is 0 Å². The molecule has 2 aliphatic rings. The molecular formula is C15H26N2O3. The second kappa shape index (κ2) is 6.46. The standard InChI is InChI=1S/C15H26N2O3/c1-3-10(2)9-16-15(20)17-12-7-5-4-6-11(12)8-13(17)14(18)19/h10-13H,3-9H2,1-2H3,(H,16,20)(H,18,19). The van der Waals surface area contributed by atoms with Gasteiger partial charge < -0.3 is 15.3 Å². The number of aliphatic carboxylic acids is 1. The van der Waals surface area contributed by atoms with E-state index in [1.54, 1.807) is 4.90 Å². The molecule has 1 aliphatic carbocycles. The van der Waals surface area contributed by atoms with E-state index in [4.69, 9.17) is 0 Å². The highest BCUT2D eigenvalue weighted by molar-refractivity contribution is 5.83. The van der Waals surface area contributed by atoms with E-state index in [1.165, 1.54) is 0 Å². The molecule has 1 heterocycles. The zero-order valence-electron chi connectivity index (χ0n) is 12.5. The molecule has 5 heteroatoms. The van der Waals surface area contributed by atoms with Crippen molar-refractivity contribution in [1.29, 1.82) is 0 Å². The molecule has 1 saturated heterocycles. The second-order valence-corrected chi connectivity index (χ2v) is 6.31. The molecule has 0 aromatic heterocycles. The van der Waals surface area contributed by atoms with Gasteiger partial charge in [-0.25, -0.2) is 9.59 Å². The maximum absolute atomic E-state index is 12.4. The number of carbonyl (C=O) groups is 2. The lowest BCUT2D eigenvalue weighted by molar-refractivity contribution is -0.141. The Bertz CT molecular complexity index is 372. The average Bonchev–Trinajstić information content (AvgIpc) is 2.84. The highest BCUT2D eigenvalue weighted by Crippen LogP contribution is 2.39. The molecule has 0 aromatic rings. The van der Waals surface area contributed by atoms with Crippen molar-refractivity contribution in [1.82, 2.24) is 10.2 Å². The Morgan fingerprint density at radius 1 is 1.35 bits per heavy atom. The van der Waals surface area contributed by atoms with Crippen LogP contribution in [0.25, 0.3) is 0 Å². The predicted molar refractivity (Wildman–Crippen MR) is 76.5 cm³/mol. The van der Waals surface area contributed by atoms with Gasteiger partial charge in [0.1, 0.15) is 6.04 Å². The second-order valence-electron chi connectivity index (χ2n) is 6.31. The lowest BCUT2D eigenvalue weighted by Gasteiger charge is -2.33. The Kier molecular flexibility index (Phi) is 4.89. The molecule has 0 spiro atoms. The Hall–Kier alpha value is -1.26. The van der Waals surface area contributed by atoms with Gasteiger partial charge in [-0.05, 0) is 31.1 Å². The molecule has 2 amide bonds. The molecule has 20 heavy (non-hydrogen) atoms. The lowest BCUT2D eigenvalue weighted by Crippen LogP contribution is -2.51. The van der Waals surface area contributed by atoms with Crippen LogP contribution in [-0.2, 0) is 4.79 Å². The molecule has 5 nitrogen and oxygen atoms in total. The summed E-state index contributed by atoms with van der Waals surface area (Å²) in [6.07, 6.45) is 5.90. The summed E-state index contributed by atoms with van der Waals surface area (Å²) in [7, 11) is 0. The van der Waals surface area contributed by atoms with Crippen molar-refractivity contribution >= 4 is 12.0 Å². The molecule has 2 rings (SSSR count). The predicted octanol–water partition coefficient (Wildman–Crippen LogP) is 2.46. The van der Waals surface area contributed by atoms with Gasteiger partial charge in [-0.1, -0.05) is 33.1 Å². The fourth-order valence-electron chi connectivity index (χ4n) is 3.47. The van der Waals surface area contributed by atoms with Gasteiger partial charge in [0.05, 0.1) is 0 Å². The zero-order chi connectivity index (χ0) is 14.7. The van der Waals surface area contributed by atoms with Crippen molar-refractivity contribution in [2.45, 2.75) is 64.5 Å². The molecule has 0 aromatic carbocycles. The van der Waals surface area contributed by atoms with Gasteiger partial charge in [-0.2, -0.15) is 0 Å². The molecule has 2 fully saturated rings. The third-order valence-corrected chi connectivity index (χ3v) is 4.91. The van der Waals surface area contributed by atoms with Gasteiger partial charge in [0.25, 0.3) is 0 Å². The van der Waals surface area contributed by atoms with Crippen LogP contribution in [0.4, 0.5) is 4.79 Å². The van der Waals surface area contributed by atoms with Crippen molar-refractivity contribution in [3.63, 3.8) is 0 Å². The highest BCUT2D eigenvalue weighted by atomic mass is 16.4. The Balaban J connectivity index is 2.04. The van der Waals surface area contributed by atoms with E-state index < -0.39 is 12.0 Å². The SMILES string of the molecule is CCC(C)CNC(=O)N1C(C(=O)O)CC2CCCCC21. The van der Waals surface area contributed by atoms with Crippen LogP contribution in [0.1, 0.15) is 52.4 Å². The van der Waals surface area contributed by atoms with Gasteiger partial charge in [0.2, 0.25) is 0 Å². The monoisotopic (exact) mass is 282 g/mol. The number of rotatable bonds is 4. The number of hydrogen-bond donors (Lipinski definition) is 2. The Labute approximate surface area is 120 Å². The van der Waals surface area contributed by atoms with Gasteiger partial charge >= 0.3 is 12.0 Å². The first-order chi connectivity index (χ1) is 9.54. The number of nitrogens with zero attached hydrogens (tertiary/aromatic N) is 1. The average molecular weight is 282 g/mol. The van der Waals surface area contributed by atoms with E-state index in [0.29, 0.717) is 24.8 Å². The number of carbonyl (C=O) groups excluding carboxylic acids is 1. The van der Waals surface area contributed by atoms with E-state index in [0.717, 1.165) is 32.1 Å². The summed E-state index contributed by atoms with van der Waals surface area (Å²) < 4.78 is 0. The minimum absolute atomic E-state index is 0.127. The summed E-state index contributed by atoms with van der Waals surface area (Å²) in [4.78, 5) is 25.4. The van der Waals surface area contributed by atoms with Gasteiger partial charge in [0.15, 0.2) is 0 Å². The van der Waals surface area contributed by atoms with Crippen LogP contribution < -0.4 is 5.32 Å². The van der Waals surface area contributed by atoms with Crippen molar-refractivity contribution in [2.24, 2.45) is 11.8 Å².